The van der Waals surface area contributed by atoms with Gasteiger partial charge in [-0.1, -0.05) is 333 Å². The van der Waals surface area contributed by atoms with Gasteiger partial charge in [0.1, 0.15) is 0 Å². The largest absolute Gasteiger partial charge is 0.466 e. The Morgan fingerprint density at radius 2 is 0.595 bits per heavy atom. The van der Waals surface area contributed by atoms with Gasteiger partial charge in [-0.3, -0.25) is 9.59 Å². The van der Waals surface area contributed by atoms with Gasteiger partial charge in [-0.05, 0) is 83.5 Å². The Morgan fingerprint density at radius 3 is 0.899 bits per heavy atom. The standard InChI is InChI=1S/C73H139NO5/c1-3-5-7-9-11-13-15-17-19-21-30-33-37-41-45-49-53-57-61-65-71(76)70(69-75)74-72(77)66-62-58-54-50-46-42-38-34-31-28-26-24-23-25-27-29-32-36-40-44-48-52-56-60-64-68-79-73(78)67-63-59-55-51-47-43-39-35-22-20-18-16-14-12-10-8-6-4-2/h20,22,24,26,61,65,70-71,75-76H,3-19,21,23,25,27-60,62-64,66-69H2,1-2H3,(H,74,77)/b22-20-,26-24-,65-61+. The number of aliphatic hydroxyl groups is 2. The number of ether oxygens (including phenoxy) is 1. The van der Waals surface area contributed by atoms with Crippen LogP contribution >= 0.6 is 0 Å². The number of rotatable bonds is 67. The molecule has 0 radical (unpaired) electrons. The molecule has 0 aliphatic rings. The maximum absolute atomic E-state index is 12.5. The van der Waals surface area contributed by atoms with E-state index in [0.29, 0.717) is 19.4 Å². The molecule has 0 heterocycles. The summed E-state index contributed by atoms with van der Waals surface area (Å²) in [5.41, 5.74) is 0. The van der Waals surface area contributed by atoms with E-state index in [1.54, 1.807) is 6.08 Å². The van der Waals surface area contributed by atoms with E-state index in [1.165, 1.54) is 321 Å². The van der Waals surface area contributed by atoms with Gasteiger partial charge in [-0.15, -0.1) is 0 Å². The lowest BCUT2D eigenvalue weighted by Crippen LogP contribution is -2.45. The lowest BCUT2D eigenvalue weighted by atomic mass is 10.0. The zero-order valence-corrected chi connectivity index (χ0v) is 53.4. The molecule has 2 unspecified atom stereocenters. The third-order valence-electron chi connectivity index (χ3n) is 16.6. The number of allylic oxidation sites excluding steroid dienone is 5. The third-order valence-corrected chi connectivity index (χ3v) is 16.6. The Bertz CT molecular complexity index is 1280. The highest BCUT2D eigenvalue weighted by Gasteiger charge is 2.18. The summed E-state index contributed by atoms with van der Waals surface area (Å²) in [5, 5.41) is 23.2. The van der Waals surface area contributed by atoms with Crippen LogP contribution in [-0.4, -0.2) is 47.4 Å². The van der Waals surface area contributed by atoms with E-state index in [4.69, 9.17) is 4.74 Å². The molecule has 0 bridgehead atoms. The molecular formula is C73H139NO5. The fourth-order valence-electron chi connectivity index (χ4n) is 11.2. The van der Waals surface area contributed by atoms with Crippen LogP contribution in [0.15, 0.2) is 36.5 Å². The Morgan fingerprint density at radius 1 is 0.342 bits per heavy atom. The molecule has 2 atom stereocenters. The lowest BCUT2D eigenvalue weighted by molar-refractivity contribution is -0.143. The number of hydrogen-bond acceptors (Lipinski definition) is 5. The first kappa shape index (κ1) is 77.1. The summed E-state index contributed by atoms with van der Waals surface area (Å²) in [4.78, 5) is 24.6. The van der Waals surface area contributed by atoms with Gasteiger partial charge in [0.25, 0.3) is 0 Å². The molecule has 3 N–H and O–H groups in total. The van der Waals surface area contributed by atoms with E-state index in [-0.39, 0.29) is 18.5 Å². The second-order valence-electron chi connectivity index (χ2n) is 24.6. The Hall–Kier alpha value is -1.92. The predicted octanol–water partition coefficient (Wildman–Crippen LogP) is 23.1. The molecule has 79 heavy (non-hydrogen) atoms. The Kier molecular flexibility index (Phi) is 66.9. The van der Waals surface area contributed by atoms with E-state index in [2.05, 4.69) is 43.5 Å². The molecule has 0 aliphatic carbocycles. The summed E-state index contributed by atoms with van der Waals surface area (Å²) < 4.78 is 5.50. The highest BCUT2D eigenvalue weighted by Crippen LogP contribution is 2.18. The average Bonchev–Trinajstić information content (AvgIpc) is 3.45. The molecule has 0 rings (SSSR count). The Balaban J connectivity index is 3.41. The van der Waals surface area contributed by atoms with Crippen molar-refractivity contribution in [2.24, 2.45) is 0 Å². The molecule has 0 saturated heterocycles. The molecule has 0 aromatic rings. The summed E-state index contributed by atoms with van der Waals surface area (Å²) in [7, 11) is 0. The summed E-state index contributed by atoms with van der Waals surface area (Å²) in [5.74, 6) is -0.0573. The van der Waals surface area contributed by atoms with Crippen LogP contribution in [0.2, 0.25) is 0 Å². The molecule has 0 fully saturated rings. The van der Waals surface area contributed by atoms with Crippen LogP contribution in [0.5, 0.6) is 0 Å². The molecule has 0 saturated carbocycles. The summed E-state index contributed by atoms with van der Waals surface area (Å²) in [6.07, 6.45) is 87.9. The van der Waals surface area contributed by atoms with E-state index in [9.17, 15) is 19.8 Å². The second-order valence-corrected chi connectivity index (χ2v) is 24.6. The van der Waals surface area contributed by atoms with Gasteiger partial charge in [0.2, 0.25) is 5.91 Å². The van der Waals surface area contributed by atoms with Crippen molar-refractivity contribution in [3.63, 3.8) is 0 Å². The zero-order valence-electron chi connectivity index (χ0n) is 53.4. The van der Waals surface area contributed by atoms with Crippen LogP contribution in [0.25, 0.3) is 0 Å². The zero-order chi connectivity index (χ0) is 57.1. The number of carbonyl (C=O) groups excluding carboxylic acids is 2. The van der Waals surface area contributed by atoms with Gasteiger partial charge in [0.05, 0.1) is 25.4 Å². The smallest absolute Gasteiger partial charge is 0.305 e. The van der Waals surface area contributed by atoms with Crippen LogP contribution in [0, 0.1) is 0 Å². The minimum atomic E-state index is -0.847. The van der Waals surface area contributed by atoms with E-state index in [0.717, 1.165) is 44.9 Å². The first-order chi connectivity index (χ1) is 39.0. The van der Waals surface area contributed by atoms with Crippen molar-refractivity contribution < 1.29 is 24.5 Å². The van der Waals surface area contributed by atoms with Gasteiger partial charge in [-0.25, -0.2) is 0 Å². The molecule has 0 aromatic carbocycles. The molecule has 0 aromatic heterocycles. The van der Waals surface area contributed by atoms with Gasteiger partial charge >= 0.3 is 5.97 Å². The number of nitrogens with one attached hydrogen (secondary N) is 1. The van der Waals surface area contributed by atoms with Gasteiger partial charge in [0.15, 0.2) is 0 Å². The Labute approximate surface area is 494 Å². The molecule has 0 aliphatic heterocycles. The van der Waals surface area contributed by atoms with E-state index in [1.807, 2.05) is 6.08 Å². The quantitative estimate of drug-likeness (QED) is 0.0320. The molecule has 466 valence electrons. The molecule has 6 nitrogen and oxygen atoms in total. The third kappa shape index (κ3) is 65.1. The number of amides is 1. The average molecular weight is 1110 g/mol. The fourth-order valence-corrected chi connectivity index (χ4v) is 11.2. The van der Waals surface area contributed by atoms with Crippen LogP contribution in [-0.2, 0) is 14.3 Å². The fraction of sp³-hybridized carbons (Fsp3) is 0.890. The highest BCUT2D eigenvalue weighted by molar-refractivity contribution is 5.76. The highest BCUT2D eigenvalue weighted by atomic mass is 16.5. The molecule has 1 amide bonds. The monoisotopic (exact) mass is 1110 g/mol. The SMILES string of the molecule is CCCCCCCCC/C=C\CCCCCCCCCC(=O)OCCCCCCCCCCCCCC/C=C\CCCCCCCCCCCC(=O)NC(CO)C(O)/C=C/CCCCCCCCCCCCCCCCCCC. The first-order valence-electron chi connectivity index (χ1n) is 35.8. The lowest BCUT2D eigenvalue weighted by Gasteiger charge is -2.20. The van der Waals surface area contributed by atoms with Crippen LogP contribution in [0.4, 0.5) is 0 Å². The normalized spacial score (nSPS) is 12.7. The van der Waals surface area contributed by atoms with E-state index < -0.39 is 12.1 Å². The van der Waals surface area contributed by atoms with Gasteiger partial charge < -0.3 is 20.3 Å². The molecular weight excluding hydrogens is 971 g/mol. The maximum Gasteiger partial charge on any atom is 0.305 e. The topological polar surface area (TPSA) is 95.9 Å². The number of aliphatic hydroxyl groups excluding tert-OH is 2. The van der Waals surface area contributed by atoms with Crippen molar-refractivity contribution in [2.45, 2.75) is 405 Å². The number of hydrogen-bond donors (Lipinski definition) is 3. The van der Waals surface area contributed by atoms with Crippen molar-refractivity contribution in [2.75, 3.05) is 13.2 Å². The van der Waals surface area contributed by atoms with Crippen LogP contribution in [0.1, 0.15) is 393 Å². The summed E-state index contributed by atoms with van der Waals surface area (Å²) in [6, 6.07) is -0.631. The van der Waals surface area contributed by atoms with Crippen molar-refractivity contribution in [3.8, 4) is 0 Å². The molecule has 0 spiro atoms. The van der Waals surface area contributed by atoms with Crippen LogP contribution < -0.4 is 5.32 Å². The minimum absolute atomic E-state index is 0.0107. The number of carbonyl (C=O) groups is 2. The van der Waals surface area contributed by atoms with Crippen LogP contribution in [0.3, 0.4) is 0 Å². The first-order valence-corrected chi connectivity index (χ1v) is 35.8. The number of unbranched alkanes of at least 4 members (excludes halogenated alkanes) is 52. The van der Waals surface area contributed by atoms with E-state index >= 15 is 0 Å². The summed E-state index contributed by atoms with van der Waals surface area (Å²) >= 11 is 0. The predicted molar refractivity (Wildman–Crippen MR) is 347 cm³/mol. The van der Waals surface area contributed by atoms with Gasteiger partial charge in [0, 0.05) is 12.8 Å². The number of esters is 1. The van der Waals surface area contributed by atoms with Crippen molar-refractivity contribution >= 4 is 11.9 Å². The van der Waals surface area contributed by atoms with Crippen molar-refractivity contribution in [1.29, 1.82) is 0 Å². The maximum atomic E-state index is 12.5. The van der Waals surface area contributed by atoms with Gasteiger partial charge in [-0.2, -0.15) is 0 Å². The minimum Gasteiger partial charge on any atom is -0.466 e. The van der Waals surface area contributed by atoms with Crippen molar-refractivity contribution in [3.05, 3.63) is 36.5 Å². The second kappa shape index (κ2) is 68.6. The summed E-state index contributed by atoms with van der Waals surface area (Å²) in [6.45, 7) is 4.93. The molecule has 6 heteroatoms. The van der Waals surface area contributed by atoms with Crippen molar-refractivity contribution in [1.82, 2.24) is 5.32 Å².